The van der Waals surface area contributed by atoms with Gasteiger partial charge >= 0.3 is 0 Å². The summed E-state index contributed by atoms with van der Waals surface area (Å²) in [7, 11) is 0. The number of hydrogen-bond donors (Lipinski definition) is 1. The molecule has 1 N–H and O–H groups in total. The van der Waals surface area contributed by atoms with Crippen LogP contribution in [0.2, 0.25) is 10.3 Å². The van der Waals surface area contributed by atoms with Gasteiger partial charge in [0.25, 0.3) is 0 Å². The summed E-state index contributed by atoms with van der Waals surface area (Å²) >= 11 is 11.8. The number of nitrogens with zero attached hydrogens (tertiary/aromatic N) is 2. The lowest BCUT2D eigenvalue weighted by molar-refractivity contribution is 0.455. The maximum atomic E-state index is 6.06. The Morgan fingerprint density at radius 2 is 2.00 bits per heavy atom. The van der Waals surface area contributed by atoms with Crippen LogP contribution >= 0.6 is 23.2 Å². The van der Waals surface area contributed by atoms with Crippen molar-refractivity contribution in [3.05, 3.63) is 16.5 Å². The van der Waals surface area contributed by atoms with E-state index in [1.807, 2.05) is 0 Å². The molecule has 0 radical (unpaired) electrons. The van der Waals surface area contributed by atoms with Crippen molar-refractivity contribution in [2.45, 2.75) is 45.1 Å². The molecule has 2 atom stereocenters. The molecule has 94 valence electrons. The van der Waals surface area contributed by atoms with E-state index in [1.165, 1.54) is 32.1 Å². The van der Waals surface area contributed by atoms with Gasteiger partial charge < -0.3 is 5.32 Å². The van der Waals surface area contributed by atoms with Crippen LogP contribution in [0.4, 0.5) is 5.82 Å². The Morgan fingerprint density at radius 1 is 1.24 bits per heavy atom. The van der Waals surface area contributed by atoms with Gasteiger partial charge in [-0.3, -0.25) is 0 Å². The average Bonchev–Trinajstić information content (AvgIpc) is 2.50. The molecule has 1 heterocycles. The predicted molar refractivity (Wildman–Crippen MR) is 71.7 cm³/mol. The van der Waals surface area contributed by atoms with Gasteiger partial charge in [0.05, 0.1) is 6.20 Å². The summed E-state index contributed by atoms with van der Waals surface area (Å²) in [6.07, 6.45) is 7.87. The number of nitrogens with one attached hydrogen (secondary N) is 1. The SMILES string of the molecule is CC1CCCCCC1Nc1nc(Cl)ncc1Cl. The fraction of sp³-hybridized carbons (Fsp3) is 0.667. The van der Waals surface area contributed by atoms with Gasteiger partial charge in [-0.2, -0.15) is 4.98 Å². The smallest absolute Gasteiger partial charge is 0.224 e. The van der Waals surface area contributed by atoms with Crippen LogP contribution in [0.25, 0.3) is 0 Å². The van der Waals surface area contributed by atoms with E-state index < -0.39 is 0 Å². The van der Waals surface area contributed by atoms with E-state index >= 15 is 0 Å². The molecule has 17 heavy (non-hydrogen) atoms. The highest BCUT2D eigenvalue weighted by Crippen LogP contribution is 2.28. The van der Waals surface area contributed by atoms with Gasteiger partial charge in [0.15, 0.2) is 0 Å². The molecule has 0 aromatic carbocycles. The van der Waals surface area contributed by atoms with Gasteiger partial charge in [-0.05, 0) is 30.4 Å². The van der Waals surface area contributed by atoms with Crippen LogP contribution in [-0.2, 0) is 0 Å². The van der Waals surface area contributed by atoms with Gasteiger partial charge in [-0.1, -0.05) is 37.8 Å². The molecule has 0 saturated heterocycles. The molecule has 5 heteroatoms. The first-order chi connectivity index (χ1) is 8.16. The number of anilines is 1. The first-order valence-electron chi connectivity index (χ1n) is 6.11. The van der Waals surface area contributed by atoms with Gasteiger partial charge in [0.2, 0.25) is 5.28 Å². The number of rotatable bonds is 2. The zero-order valence-corrected chi connectivity index (χ0v) is 11.4. The standard InChI is InChI=1S/C12H17Cl2N3/c1-8-5-3-2-4-6-10(8)16-11-9(13)7-15-12(14)17-11/h7-8,10H,2-6H2,1H3,(H,15,16,17). The topological polar surface area (TPSA) is 37.8 Å². The molecule has 1 aliphatic carbocycles. The molecule has 3 nitrogen and oxygen atoms in total. The third-order valence-corrected chi connectivity index (χ3v) is 3.86. The number of hydrogen-bond acceptors (Lipinski definition) is 3. The molecular formula is C12H17Cl2N3. The summed E-state index contributed by atoms with van der Waals surface area (Å²) in [5.41, 5.74) is 0. The second kappa shape index (κ2) is 5.87. The minimum atomic E-state index is 0.234. The minimum Gasteiger partial charge on any atom is -0.366 e. The highest BCUT2D eigenvalue weighted by Gasteiger charge is 2.21. The van der Waals surface area contributed by atoms with Crippen molar-refractivity contribution in [1.82, 2.24) is 9.97 Å². The number of aromatic nitrogens is 2. The summed E-state index contributed by atoms with van der Waals surface area (Å²) in [6, 6.07) is 0.431. The Morgan fingerprint density at radius 3 is 2.82 bits per heavy atom. The monoisotopic (exact) mass is 273 g/mol. The minimum absolute atomic E-state index is 0.234. The Kier molecular flexibility index (Phi) is 4.46. The van der Waals surface area contributed by atoms with E-state index in [0.717, 1.165) is 0 Å². The number of halogens is 2. The van der Waals surface area contributed by atoms with Crippen molar-refractivity contribution in [2.75, 3.05) is 5.32 Å². The second-order valence-corrected chi connectivity index (χ2v) is 5.45. The van der Waals surface area contributed by atoms with E-state index in [-0.39, 0.29) is 5.28 Å². The molecule has 1 fully saturated rings. The lowest BCUT2D eigenvalue weighted by Crippen LogP contribution is -2.26. The first kappa shape index (κ1) is 12.9. The van der Waals surface area contributed by atoms with E-state index in [2.05, 4.69) is 22.2 Å². The van der Waals surface area contributed by atoms with E-state index in [1.54, 1.807) is 6.20 Å². The normalized spacial score (nSPS) is 25.4. The van der Waals surface area contributed by atoms with E-state index in [0.29, 0.717) is 22.8 Å². The quantitative estimate of drug-likeness (QED) is 0.650. The molecule has 1 aromatic heterocycles. The van der Waals surface area contributed by atoms with Crippen LogP contribution in [0.1, 0.15) is 39.0 Å². The Bertz CT molecular complexity index is 384. The van der Waals surface area contributed by atoms with Crippen molar-refractivity contribution in [1.29, 1.82) is 0 Å². The zero-order chi connectivity index (χ0) is 12.3. The van der Waals surface area contributed by atoms with Crippen LogP contribution < -0.4 is 5.32 Å². The zero-order valence-electron chi connectivity index (χ0n) is 9.92. The third-order valence-electron chi connectivity index (χ3n) is 3.40. The Labute approximate surface area is 112 Å². The molecule has 1 saturated carbocycles. The van der Waals surface area contributed by atoms with Crippen LogP contribution in [0, 0.1) is 5.92 Å². The largest absolute Gasteiger partial charge is 0.366 e. The molecule has 2 unspecified atom stereocenters. The van der Waals surface area contributed by atoms with Gasteiger partial charge in [-0.25, -0.2) is 4.98 Å². The molecule has 1 aliphatic rings. The summed E-state index contributed by atoms with van der Waals surface area (Å²) < 4.78 is 0. The fourth-order valence-corrected chi connectivity index (χ4v) is 2.61. The lowest BCUT2D eigenvalue weighted by atomic mass is 9.97. The summed E-state index contributed by atoms with van der Waals surface area (Å²) in [5, 5.41) is 4.18. The highest BCUT2D eigenvalue weighted by atomic mass is 35.5. The first-order valence-corrected chi connectivity index (χ1v) is 6.87. The van der Waals surface area contributed by atoms with Crippen LogP contribution in [-0.4, -0.2) is 16.0 Å². The van der Waals surface area contributed by atoms with E-state index in [4.69, 9.17) is 23.2 Å². The Hall–Kier alpha value is -0.540. The van der Waals surface area contributed by atoms with Crippen molar-refractivity contribution in [3.63, 3.8) is 0 Å². The molecule has 0 spiro atoms. The van der Waals surface area contributed by atoms with Crippen LogP contribution in [0.15, 0.2) is 6.20 Å². The summed E-state index contributed by atoms with van der Waals surface area (Å²) in [5.74, 6) is 1.30. The molecule has 0 bridgehead atoms. The predicted octanol–water partition coefficient (Wildman–Crippen LogP) is 4.16. The third kappa shape index (κ3) is 3.46. The maximum absolute atomic E-state index is 6.06. The molecule has 0 aliphatic heterocycles. The summed E-state index contributed by atoms with van der Waals surface area (Å²) in [4.78, 5) is 8.00. The molecule has 0 amide bonds. The Balaban J connectivity index is 2.10. The summed E-state index contributed by atoms with van der Waals surface area (Å²) in [6.45, 7) is 2.28. The highest BCUT2D eigenvalue weighted by molar-refractivity contribution is 6.33. The van der Waals surface area contributed by atoms with Crippen LogP contribution in [0.3, 0.4) is 0 Å². The van der Waals surface area contributed by atoms with Crippen molar-refractivity contribution < 1.29 is 0 Å². The molecular weight excluding hydrogens is 257 g/mol. The van der Waals surface area contributed by atoms with Gasteiger partial charge in [-0.15, -0.1) is 0 Å². The van der Waals surface area contributed by atoms with Crippen molar-refractivity contribution in [3.8, 4) is 0 Å². The lowest BCUT2D eigenvalue weighted by Gasteiger charge is -2.23. The average molecular weight is 274 g/mol. The van der Waals surface area contributed by atoms with Gasteiger partial charge in [0, 0.05) is 6.04 Å². The van der Waals surface area contributed by atoms with Gasteiger partial charge in [0.1, 0.15) is 10.8 Å². The molecule has 2 rings (SSSR count). The maximum Gasteiger partial charge on any atom is 0.224 e. The van der Waals surface area contributed by atoms with Crippen LogP contribution in [0.5, 0.6) is 0 Å². The van der Waals surface area contributed by atoms with Crippen molar-refractivity contribution in [2.24, 2.45) is 5.92 Å². The van der Waals surface area contributed by atoms with Crippen molar-refractivity contribution >= 4 is 29.0 Å². The molecule has 1 aromatic rings. The second-order valence-electron chi connectivity index (χ2n) is 4.70. The fourth-order valence-electron chi connectivity index (χ4n) is 2.33. The van der Waals surface area contributed by atoms with E-state index in [9.17, 15) is 0 Å².